The molecule has 0 aromatic heterocycles. The standard InChI is InChI=1S/C12H17O3P.Li/c1-8-6-10(14-2)12(9(13)4-5-16)11(7-8)15-3;/h6-7H,4-5,16H2,1-3H3;. The van der Waals surface area contributed by atoms with Gasteiger partial charge in [0.25, 0.3) is 0 Å². The van der Waals surface area contributed by atoms with E-state index in [1.807, 2.05) is 19.1 Å². The first-order valence-corrected chi connectivity index (χ1v) is 5.91. The molecule has 0 spiro atoms. The van der Waals surface area contributed by atoms with Gasteiger partial charge in [-0.2, -0.15) is 0 Å². The number of hydrogen-bond donors (Lipinski definition) is 0. The van der Waals surface area contributed by atoms with E-state index in [-0.39, 0.29) is 24.6 Å². The van der Waals surface area contributed by atoms with E-state index in [4.69, 9.17) is 9.47 Å². The van der Waals surface area contributed by atoms with Crippen LogP contribution in [0.2, 0.25) is 0 Å². The fourth-order valence-corrected chi connectivity index (χ4v) is 1.84. The van der Waals surface area contributed by atoms with E-state index in [1.54, 1.807) is 14.2 Å². The van der Waals surface area contributed by atoms with Crippen molar-refractivity contribution < 1.29 is 14.3 Å². The van der Waals surface area contributed by atoms with E-state index in [0.717, 1.165) is 11.7 Å². The van der Waals surface area contributed by atoms with Gasteiger partial charge in [-0.15, -0.1) is 9.24 Å². The Labute approximate surface area is 117 Å². The molecule has 5 heteroatoms. The molecule has 0 aliphatic rings. The predicted molar refractivity (Wildman–Crippen MR) is 73.6 cm³/mol. The minimum absolute atomic E-state index is 0. The number of aryl methyl sites for hydroxylation is 1. The fraction of sp³-hybridized carbons (Fsp3) is 0.417. The van der Waals surface area contributed by atoms with Crippen molar-refractivity contribution in [2.24, 2.45) is 0 Å². The van der Waals surface area contributed by atoms with Crippen molar-refractivity contribution in [3.8, 4) is 11.5 Å². The van der Waals surface area contributed by atoms with Crippen LogP contribution in [0.1, 0.15) is 22.3 Å². The first-order valence-electron chi connectivity index (χ1n) is 5.10. The molecule has 0 heterocycles. The Balaban J connectivity index is 0.00000256. The van der Waals surface area contributed by atoms with Crippen LogP contribution in [0.25, 0.3) is 0 Å². The van der Waals surface area contributed by atoms with Gasteiger partial charge in [-0.05, 0) is 30.8 Å². The minimum atomic E-state index is 0. The van der Waals surface area contributed by atoms with Crippen LogP contribution < -0.4 is 9.47 Å². The molecule has 0 saturated carbocycles. The number of benzene rings is 1. The average Bonchev–Trinajstić information content (AvgIpc) is 2.27. The molecule has 3 nitrogen and oxygen atoms in total. The Morgan fingerprint density at radius 2 is 1.71 bits per heavy atom. The molecule has 0 saturated heterocycles. The van der Waals surface area contributed by atoms with Crippen molar-refractivity contribution in [1.82, 2.24) is 0 Å². The second-order valence-electron chi connectivity index (χ2n) is 3.51. The molecule has 0 aliphatic heterocycles. The number of hydrogen-bond acceptors (Lipinski definition) is 3. The van der Waals surface area contributed by atoms with Gasteiger partial charge in [0.1, 0.15) is 17.1 Å². The monoisotopic (exact) mass is 247 g/mol. The predicted octanol–water partition coefficient (Wildman–Crippen LogP) is 2.08. The average molecular weight is 247 g/mol. The van der Waals surface area contributed by atoms with Crippen LogP contribution in [0.4, 0.5) is 0 Å². The van der Waals surface area contributed by atoms with Crippen molar-refractivity contribution >= 4 is 33.9 Å². The summed E-state index contributed by atoms with van der Waals surface area (Å²) < 4.78 is 10.5. The Bertz CT molecular complexity index is 368. The Morgan fingerprint density at radius 1 is 1.24 bits per heavy atom. The van der Waals surface area contributed by atoms with Crippen LogP contribution in [0.5, 0.6) is 11.5 Å². The molecule has 0 amide bonds. The van der Waals surface area contributed by atoms with E-state index in [0.29, 0.717) is 23.5 Å². The second-order valence-corrected chi connectivity index (χ2v) is 4.08. The van der Waals surface area contributed by atoms with Crippen LogP contribution in [0.3, 0.4) is 0 Å². The van der Waals surface area contributed by atoms with E-state index in [9.17, 15) is 4.79 Å². The molecular weight excluding hydrogens is 230 g/mol. The summed E-state index contributed by atoms with van der Waals surface area (Å²) in [7, 11) is 5.67. The molecule has 1 rings (SSSR count). The number of carbonyl (C=O) groups excluding carboxylic acids is 1. The van der Waals surface area contributed by atoms with Gasteiger partial charge in [0, 0.05) is 25.3 Å². The molecule has 0 aliphatic carbocycles. The Hall–Kier alpha value is -0.483. The third-order valence-electron chi connectivity index (χ3n) is 2.30. The molecule has 1 aromatic rings. The first kappa shape index (κ1) is 16.5. The van der Waals surface area contributed by atoms with E-state index < -0.39 is 0 Å². The summed E-state index contributed by atoms with van der Waals surface area (Å²) in [5, 5.41) is 0. The van der Waals surface area contributed by atoms with Gasteiger partial charge in [0.05, 0.1) is 14.2 Å². The van der Waals surface area contributed by atoms with Crippen molar-refractivity contribution in [3.63, 3.8) is 0 Å². The summed E-state index contributed by atoms with van der Waals surface area (Å²) in [6, 6.07) is 3.69. The van der Waals surface area contributed by atoms with Gasteiger partial charge in [-0.1, -0.05) is 0 Å². The Kier molecular flexibility index (Phi) is 7.55. The van der Waals surface area contributed by atoms with Crippen molar-refractivity contribution in [1.29, 1.82) is 0 Å². The molecular formula is C12H17LiO3P. The largest absolute Gasteiger partial charge is 0.496 e. The maximum absolute atomic E-state index is 11.9. The molecule has 0 N–H and O–H groups in total. The summed E-state index contributed by atoms with van der Waals surface area (Å²) in [4.78, 5) is 11.9. The zero-order valence-corrected chi connectivity index (χ0v) is 12.0. The summed E-state index contributed by atoms with van der Waals surface area (Å²) >= 11 is 0. The van der Waals surface area contributed by atoms with Gasteiger partial charge < -0.3 is 9.47 Å². The molecule has 1 aromatic carbocycles. The SMILES string of the molecule is COc1cc(C)cc(OC)c1C(=O)CCP.[Li]. The molecule has 0 bridgehead atoms. The third kappa shape index (κ3) is 4.03. The quantitative estimate of drug-likeness (QED) is 0.454. The first-order chi connectivity index (χ1) is 7.63. The number of rotatable bonds is 5. The smallest absolute Gasteiger partial charge is 0.170 e. The van der Waals surface area contributed by atoms with E-state index in [1.165, 1.54) is 0 Å². The molecule has 1 radical (unpaired) electrons. The van der Waals surface area contributed by atoms with Crippen molar-refractivity contribution in [3.05, 3.63) is 23.3 Å². The number of ether oxygens (including phenoxy) is 2. The molecule has 1 unspecified atom stereocenters. The van der Waals surface area contributed by atoms with E-state index >= 15 is 0 Å². The van der Waals surface area contributed by atoms with Crippen LogP contribution in [0.15, 0.2) is 12.1 Å². The zero-order chi connectivity index (χ0) is 12.1. The molecule has 89 valence electrons. The number of ketones is 1. The van der Waals surface area contributed by atoms with Crippen LogP contribution in [0, 0.1) is 6.92 Å². The number of methoxy groups -OCH3 is 2. The molecule has 17 heavy (non-hydrogen) atoms. The normalized spacial score (nSPS) is 9.41. The van der Waals surface area contributed by atoms with Crippen LogP contribution in [-0.2, 0) is 0 Å². The molecule has 0 fully saturated rings. The summed E-state index contributed by atoms with van der Waals surface area (Å²) in [5.74, 6) is 1.21. The zero-order valence-electron chi connectivity index (χ0n) is 10.9. The summed E-state index contributed by atoms with van der Waals surface area (Å²) in [6.45, 7) is 1.94. The maximum atomic E-state index is 11.9. The second kappa shape index (κ2) is 7.77. The molecule has 1 atom stereocenters. The van der Waals surface area contributed by atoms with Gasteiger partial charge in [0.2, 0.25) is 0 Å². The van der Waals surface area contributed by atoms with Crippen molar-refractivity contribution in [2.45, 2.75) is 13.3 Å². The summed E-state index contributed by atoms with van der Waals surface area (Å²) in [6.07, 6.45) is 1.21. The topological polar surface area (TPSA) is 35.5 Å². The fourth-order valence-electron chi connectivity index (χ4n) is 1.57. The minimum Gasteiger partial charge on any atom is -0.496 e. The van der Waals surface area contributed by atoms with Crippen LogP contribution in [-0.4, -0.2) is 45.0 Å². The number of Topliss-reactive ketones (excluding diaryl/α,β-unsaturated/α-hetero) is 1. The Morgan fingerprint density at radius 3 is 2.06 bits per heavy atom. The third-order valence-corrected chi connectivity index (χ3v) is 2.59. The van der Waals surface area contributed by atoms with Gasteiger partial charge in [0.15, 0.2) is 5.78 Å². The summed E-state index contributed by atoms with van der Waals surface area (Å²) in [5.41, 5.74) is 1.55. The van der Waals surface area contributed by atoms with Crippen LogP contribution >= 0.6 is 9.24 Å². The van der Waals surface area contributed by atoms with Gasteiger partial charge in [-0.25, -0.2) is 0 Å². The maximum Gasteiger partial charge on any atom is 0.170 e. The van der Waals surface area contributed by atoms with E-state index in [2.05, 4.69) is 9.24 Å². The van der Waals surface area contributed by atoms with Gasteiger partial charge in [-0.3, -0.25) is 4.79 Å². The number of carbonyl (C=O) groups is 1. The van der Waals surface area contributed by atoms with Crippen molar-refractivity contribution in [2.75, 3.05) is 20.4 Å². The van der Waals surface area contributed by atoms with Gasteiger partial charge >= 0.3 is 0 Å².